The number of hydrogen-bond donors (Lipinski definition) is 3. The number of aliphatic hydroxyl groups is 1. The summed E-state index contributed by atoms with van der Waals surface area (Å²) in [6, 6.07) is 3.05. The van der Waals surface area contributed by atoms with Crippen LogP contribution in [0.25, 0.3) is 0 Å². The van der Waals surface area contributed by atoms with Gasteiger partial charge in [0.2, 0.25) is 10.0 Å². The number of rotatable bonds is 5. The first-order chi connectivity index (χ1) is 8.65. The van der Waals surface area contributed by atoms with Gasteiger partial charge in [-0.05, 0) is 51.3 Å². The molecule has 6 heteroatoms. The number of nitrogen functional groups attached to an aromatic ring is 1. The molecule has 0 bridgehead atoms. The lowest BCUT2D eigenvalue weighted by Gasteiger charge is -2.18. The Bertz CT molecular complexity index is 553. The van der Waals surface area contributed by atoms with Crippen LogP contribution >= 0.6 is 0 Å². The minimum atomic E-state index is -3.63. The predicted molar refractivity (Wildman–Crippen MR) is 76.4 cm³/mol. The van der Waals surface area contributed by atoms with E-state index in [1.165, 1.54) is 0 Å². The summed E-state index contributed by atoms with van der Waals surface area (Å²) in [6.45, 7) is 6.78. The maximum Gasteiger partial charge on any atom is 0.241 e. The van der Waals surface area contributed by atoms with Gasteiger partial charge in [-0.25, -0.2) is 13.1 Å². The third kappa shape index (κ3) is 3.92. The summed E-state index contributed by atoms with van der Waals surface area (Å²) < 4.78 is 27.3. The first-order valence-corrected chi connectivity index (χ1v) is 7.69. The van der Waals surface area contributed by atoms with E-state index in [-0.39, 0.29) is 10.9 Å². The molecular formula is C13H22N2O3S. The number of nitrogens with two attached hydrogens (primary N) is 1. The second-order valence-electron chi connectivity index (χ2n) is 5.03. The Hall–Kier alpha value is -1.11. The second-order valence-corrected chi connectivity index (χ2v) is 6.68. The molecule has 0 amide bonds. The molecule has 0 aromatic heterocycles. The van der Waals surface area contributed by atoms with Gasteiger partial charge in [0, 0.05) is 11.7 Å². The highest BCUT2D eigenvalue weighted by Gasteiger charge is 2.23. The summed E-state index contributed by atoms with van der Waals surface area (Å²) in [5.41, 5.74) is 7.43. The smallest absolute Gasteiger partial charge is 0.241 e. The van der Waals surface area contributed by atoms with Crippen LogP contribution in [0.5, 0.6) is 0 Å². The fraction of sp³-hybridized carbons (Fsp3) is 0.538. The van der Waals surface area contributed by atoms with Gasteiger partial charge in [-0.2, -0.15) is 0 Å². The van der Waals surface area contributed by atoms with Crippen LogP contribution in [-0.2, 0) is 10.0 Å². The van der Waals surface area contributed by atoms with Gasteiger partial charge in [0.05, 0.1) is 11.0 Å². The second kappa shape index (κ2) is 5.90. The number of aryl methyl sites for hydroxylation is 1. The summed E-state index contributed by atoms with van der Waals surface area (Å²) >= 11 is 0. The van der Waals surface area contributed by atoms with E-state index in [1.807, 2.05) is 0 Å². The molecule has 0 aliphatic heterocycles. The van der Waals surface area contributed by atoms with E-state index < -0.39 is 16.1 Å². The highest BCUT2D eigenvalue weighted by molar-refractivity contribution is 7.89. The monoisotopic (exact) mass is 286 g/mol. The lowest BCUT2D eigenvalue weighted by molar-refractivity contribution is 0.175. The minimum Gasteiger partial charge on any atom is -0.398 e. The quantitative estimate of drug-likeness (QED) is 0.712. The zero-order chi connectivity index (χ0) is 14.8. The number of aliphatic hydroxyl groups excluding tert-OH is 1. The number of sulfonamides is 1. The van der Waals surface area contributed by atoms with Crippen LogP contribution in [0.2, 0.25) is 0 Å². The molecule has 0 radical (unpaired) electrons. The Morgan fingerprint density at radius 3 is 2.42 bits per heavy atom. The highest BCUT2D eigenvalue weighted by Crippen LogP contribution is 2.24. The number of anilines is 1. The molecule has 0 aliphatic carbocycles. The third-order valence-corrected chi connectivity index (χ3v) is 4.84. The first kappa shape index (κ1) is 15.9. The van der Waals surface area contributed by atoms with Gasteiger partial charge in [0.15, 0.2) is 0 Å². The first-order valence-electron chi connectivity index (χ1n) is 6.21. The minimum absolute atomic E-state index is 0.227. The summed E-state index contributed by atoms with van der Waals surface area (Å²) in [6.07, 6.45) is -0.194. The topological polar surface area (TPSA) is 92.4 Å². The lowest BCUT2D eigenvalue weighted by atomic mass is 10.1. The molecule has 0 aliphatic rings. The predicted octanol–water partition coefficient (Wildman–Crippen LogP) is 1.32. The van der Waals surface area contributed by atoms with E-state index in [1.54, 1.807) is 39.8 Å². The molecule has 0 heterocycles. The Morgan fingerprint density at radius 2 is 1.89 bits per heavy atom. The maximum atomic E-state index is 12.4. The molecule has 19 heavy (non-hydrogen) atoms. The van der Waals surface area contributed by atoms with E-state index in [0.29, 0.717) is 23.2 Å². The van der Waals surface area contributed by atoms with E-state index in [4.69, 9.17) is 5.73 Å². The Labute approximate surface area is 114 Å². The van der Waals surface area contributed by atoms with Crippen molar-refractivity contribution in [2.75, 3.05) is 5.73 Å². The fourth-order valence-electron chi connectivity index (χ4n) is 2.14. The van der Waals surface area contributed by atoms with Crippen molar-refractivity contribution >= 4 is 15.7 Å². The molecule has 1 aromatic carbocycles. The standard InChI is InChI=1S/C13H22N2O3S/c1-8-5-6-12(14)11(4)13(8)19(17,18)15-9(2)7-10(3)16/h5-6,9-10,15-16H,7,14H2,1-4H3. The van der Waals surface area contributed by atoms with E-state index >= 15 is 0 Å². The fourth-order valence-corrected chi connectivity index (χ4v) is 3.90. The zero-order valence-electron chi connectivity index (χ0n) is 11.8. The van der Waals surface area contributed by atoms with Gasteiger partial charge in [-0.1, -0.05) is 6.07 Å². The van der Waals surface area contributed by atoms with Crippen molar-refractivity contribution in [3.05, 3.63) is 23.3 Å². The number of hydrogen-bond acceptors (Lipinski definition) is 4. The molecule has 2 atom stereocenters. The molecule has 5 nitrogen and oxygen atoms in total. The summed E-state index contributed by atoms with van der Waals surface area (Å²) in [5, 5.41) is 9.29. The maximum absolute atomic E-state index is 12.4. The van der Waals surface area contributed by atoms with E-state index in [0.717, 1.165) is 0 Å². The molecular weight excluding hydrogens is 264 g/mol. The highest BCUT2D eigenvalue weighted by atomic mass is 32.2. The van der Waals surface area contributed by atoms with Crippen LogP contribution in [0.1, 0.15) is 31.4 Å². The van der Waals surface area contributed by atoms with Crippen molar-refractivity contribution in [3.8, 4) is 0 Å². The molecule has 0 saturated heterocycles. The van der Waals surface area contributed by atoms with Gasteiger partial charge in [0.1, 0.15) is 0 Å². The molecule has 108 valence electrons. The molecule has 1 aromatic rings. The zero-order valence-corrected chi connectivity index (χ0v) is 12.6. The van der Waals surface area contributed by atoms with Gasteiger partial charge in [-0.15, -0.1) is 0 Å². The van der Waals surface area contributed by atoms with Crippen molar-refractivity contribution < 1.29 is 13.5 Å². The van der Waals surface area contributed by atoms with Crippen molar-refractivity contribution in [1.82, 2.24) is 4.72 Å². The summed E-state index contributed by atoms with van der Waals surface area (Å²) in [4.78, 5) is 0.227. The van der Waals surface area contributed by atoms with Crippen molar-refractivity contribution in [3.63, 3.8) is 0 Å². The Kier molecular flexibility index (Phi) is 4.95. The summed E-state index contributed by atoms with van der Waals surface area (Å²) in [5.74, 6) is 0. The molecule has 0 saturated carbocycles. The number of nitrogens with one attached hydrogen (secondary N) is 1. The van der Waals surface area contributed by atoms with Gasteiger partial charge >= 0.3 is 0 Å². The van der Waals surface area contributed by atoms with Gasteiger partial charge < -0.3 is 10.8 Å². The van der Waals surface area contributed by atoms with Gasteiger partial charge in [-0.3, -0.25) is 0 Å². The normalized spacial score (nSPS) is 15.2. The van der Waals surface area contributed by atoms with Crippen LogP contribution in [0, 0.1) is 13.8 Å². The molecule has 2 unspecified atom stereocenters. The molecule has 4 N–H and O–H groups in total. The van der Waals surface area contributed by atoms with Gasteiger partial charge in [0.25, 0.3) is 0 Å². The van der Waals surface area contributed by atoms with Crippen LogP contribution in [0.3, 0.4) is 0 Å². The van der Waals surface area contributed by atoms with Crippen molar-refractivity contribution in [1.29, 1.82) is 0 Å². The molecule has 1 rings (SSSR count). The van der Waals surface area contributed by atoms with Crippen LogP contribution < -0.4 is 10.5 Å². The largest absolute Gasteiger partial charge is 0.398 e. The number of benzene rings is 1. The Morgan fingerprint density at radius 1 is 1.32 bits per heavy atom. The van der Waals surface area contributed by atoms with Crippen LogP contribution in [0.4, 0.5) is 5.69 Å². The van der Waals surface area contributed by atoms with Crippen molar-refractivity contribution in [2.45, 2.75) is 51.2 Å². The summed E-state index contributed by atoms with van der Waals surface area (Å²) in [7, 11) is -3.63. The van der Waals surface area contributed by atoms with E-state index in [2.05, 4.69) is 4.72 Å². The Balaban J connectivity index is 3.11. The molecule has 0 fully saturated rings. The molecule has 0 spiro atoms. The SMILES string of the molecule is Cc1ccc(N)c(C)c1S(=O)(=O)NC(C)CC(C)O. The van der Waals surface area contributed by atoms with E-state index in [9.17, 15) is 13.5 Å². The van der Waals surface area contributed by atoms with Crippen LogP contribution in [0.15, 0.2) is 17.0 Å². The van der Waals surface area contributed by atoms with Crippen LogP contribution in [-0.4, -0.2) is 25.7 Å². The third-order valence-electron chi connectivity index (χ3n) is 2.96. The lowest BCUT2D eigenvalue weighted by Crippen LogP contribution is -2.35. The van der Waals surface area contributed by atoms with Crippen molar-refractivity contribution in [2.24, 2.45) is 0 Å². The average Bonchev–Trinajstić information content (AvgIpc) is 2.21. The average molecular weight is 286 g/mol.